The molecule has 2 fully saturated rings. The third kappa shape index (κ3) is 2.97. The van der Waals surface area contributed by atoms with Gasteiger partial charge in [-0.3, -0.25) is 4.79 Å². The molecule has 0 aromatic heterocycles. The number of ether oxygens (including phenoxy) is 1. The number of carbonyl (C=O) groups excluding carboxylic acids is 1. The second-order valence-electron chi connectivity index (χ2n) is 6.17. The topological polar surface area (TPSA) is 49.8 Å². The summed E-state index contributed by atoms with van der Waals surface area (Å²) in [4.78, 5) is 14.6. The Kier molecular flexibility index (Phi) is 4.27. The molecule has 3 rings (SSSR count). The van der Waals surface area contributed by atoms with Crippen LogP contribution in [0, 0.1) is 5.92 Å². The summed E-state index contributed by atoms with van der Waals surface area (Å²) in [5.41, 5.74) is 1.23. The Morgan fingerprint density at radius 3 is 2.67 bits per heavy atom. The van der Waals surface area contributed by atoms with Gasteiger partial charge < -0.3 is 14.7 Å². The van der Waals surface area contributed by atoms with Crippen LogP contribution in [-0.2, 0) is 16.0 Å². The first-order valence-corrected chi connectivity index (χ1v) is 7.74. The summed E-state index contributed by atoms with van der Waals surface area (Å²) < 4.78 is 5.59. The Hall–Kier alpha value is -1.39. The van der Waals surface area contributed by atoms with E-state index in [1.165, 1.54) is 5.56 Å². The van der Waals surface area contributed by atoms with Crippen LogP contribution >= 0.6 is 0 Å². The number of nitrogens with zero attached hydrogens (tertiary/aromatic N) is 1. The van der Waals surface area contributed by atoms with Crippen LogP contribution in [0.1, 0.15) is 24.8 Å². The lowest BCUT2D eigenvalue weighted by Gasteiger charge is -2.36. The van der Waals surface area contributed by atoms with Gasteiger partial charge in [0.15, 0.2) is 0 Å². The summed E-state index contributed by atoms with van der Waals surface area (Å²) in [6, 6.07) is 10.4. The number of aliphatic hydroxyl groups excluding tert-OH is 1. The third-order valence-corrected chi connectivity index (χ3v) is 4.82. The van der Waals surface area contributed by atoms with Crippen molar-refractivity contribution in [2.75, 3.05) is 13.7 Å². The Balaban J connectivity index is 1.71. The first kappa shape index (κ1) is 14.5. The molecule has 1 aliphatic heterocycles. The van der Waals surface area contributed by atoms with Crippen LogP contribution in [0.4, 0.5) is 0 Å². The Bertz CT molecular complexity index is 484. The van der Waals surface area contributed by atoms with Gasteiger partial charge in [0, 0.05) is 19.6 Å². The van der Waals surface area contributed by atoms with E-state index in [0.717, 1.165) is 19.4 Å². The summed E-state index contributed by atoms with van der Waals surface area (Å²) in [6.07, 6.45) is 2.79. The molecule has 114 valence electrons. The monoisotopic (exact) mass is 289 g/mol. The van der Waals surface area contributed by atoms with Crippen molar-refractivity contribution < 1.29 is 14.6 Å². The van der Waals surface area contributed by atoms with Crippen molar-refractivity contribution >= 4 is 5.91 Å². The number of likely N-dealkylation sites (tertiary alicyclic amines) is 1. The predicted molar refractivity (Wildman–Crippen MR) is 79.8 cm³/mol. The lowest BCUT2D eigenvalue weighted by molar-refractivity contribution is -0.144. The van der Waals surface area contributed by atoms with E-state index in [0.29, 0.717) is 12.8 Å². The summed E-state index contributed by atoms with van der Waals surface area (Å²) in [5, 5.41) is 9.41. The molecule has 1 aromatic carbocycles. The number of carbonyl (C=O) groups is 1. The molecule has 1 N–H and O–H groups in total. The van der Waals surface area contributed by atoms with Gasteiger partial charge in [-0.25, -0.2) is 0 Å². The average molecular weight is 289 g/mol. The van der Waals surface area contributed by atoms with E-state index >= 15 is 0 Å². The smallest absolute Gasteiger partial charge is 0.226 e. The van der Waals surface area contributed by atoms with Crippen molar-refractivity contribution in [3.05, 3.63) is 35.9 Å². The highest BCUT2D eigenvalue weighted by Crippen LogP contribution is 2.33. The normalized spacial score (nSPS) is 32.0. The van der Waals surface area contributed by atoms with Crippen LogP contribution in [0.15, 0.2) is 30.3 Å². The fourth-order valence-electron chi connectivity index (χ4n) is 3.49. The van der Waals surface area contributed by atoms with E-state index in [2.05, 4.69) is 12.1 Å². The molecule has 4 nitrogen and oxygen atoms in total. The maximum atomic E-state index is 12.6. The van der Waals surface area contributed by atoms with Gasteiger partial charge in [0.2, 0.25) is 5.91 Å². The van der Waals surface area contributed by atoms with Crippen molar-refractivity contribution in [1.82, 2.24) is 4.90 Å². The second kappa shape index (κ2) is 6.16. The molecule has 0 radical (unpaired) electrons. The Morgan fingerprint density at radius 2 is 2.05 bits per heavy atom. The number of hydrogen-bond donors (Lipinski definition) is 1. The molecule has 1 saturated heterocycles. The summed E-state index contributed by atoms with van der Waals surface area (Å²) in [6.45, 7) is 0.765. The minimum atomic E-state index is -0.285. The zero-order valence-electron chi connectivity index (χ0n) is 12.4. The molecule has 1 aromatic rings. The Morgan fingerprint density at radius 1 is 1.33 bits per heavy atom. The number of aliphatic hydroxyl groups is 1. The van der Waals surface area contributed by atoms with Crippen molar-refractivity contribution in [1.29, 1.82) is 0 Å². The quantitative estimate of drug-likeness (QED) is 0.916. The highest BCUT2D eigenvalue weighted by molar-refractivity contribution is 5.80. The van der Waals surface area contributed by atoms with Crippen LogP contribution in [-0.4, -0.2) is 47.8 Å². The van der Waals surface area contributed by atoms with Crippen LogP contribution in [0.2, 0.25) is 0 Å². The molecule has 1 aliphatic carbocycles. The molecule has 1 saturated carbocycles. The zero-order chi connectivity index (χ0) is 14.8. The highest BCUT2D eigenvalue weighted by atomic mass is 16.5. The van der Waals surface area contributed by atoms with E-state index in [1.807, 2.05) is 23.1 Å². The van der Waals surface area contributed by atoms with Crippen molar-refractivity contribution in [3.63, 3.8) is 0 Å². The SMILES string of the molecule is CO[C@H]1CCN(C(=O)C2CC(O)C2)[C@H]1Cc1ccccc1. The third-order valence-electron chi connectivity index (χ3n) is 4.82. The first-order valence-electron chi connectivity index (χ1n) is 7.74. The molecule has 2 atom stereocenters. The summed E-state index contributed by atoms with van der Waals surface area (Å²) in [7, 11) is 1.73. The van der Waals surface area contributed by atoms with Gasteiger partial charge in [-0.2, -0.15) is 0 Å². The average Bonchev–Trinajstić information content (AvgIpc) is 2.87. The standard InChI is InChI=1S/C17H23NO3/c1-21-16-7-8-18(17(20)13-10-14(19)11-13)15(16)9-12-5-3-2-4-6-12/h2-6,13-16,19H,7-11H2,1H3/t13?,14?,15-,16-/m0/s1. The maximum Gasteiger partial charge on any atom is 0.226 e. The number of hydrogen-bond acceptors (Lipinski definition) is 3. The minimum Gasteiger partial charge on any atom is -0.393 e. The lowest BCUT2D eigenvalue weighted by Crippen LogP contribution is -2.48. The van der Waals surface area contributed by atoms with E-state index in [1.54, 1.807) is 7.11 Å². The fraction of sp³-hybridized carbons (Fsp3) is 0.588. The molecule has 0 unspecified atom stereocenters. The predicted octanol–water partition coefficient (Wildman–Crippen LogP) is 1.62. The van der Waals surface area contributed by atoms with Crippen LogP contribution in [0.25, 0.3) is 0 Å². The van der Waals surface area contributed by atoms with E-state index in [4.69, 9.17) is 4.74 Å². The van der Waals surface area contributed by atoms with Crippen LogP contribution in [0.3, 0.4) is 0 Å². The maximum absolute atomic E-state index is 12.6. The molecule has 1 amide bonds. The lowest BCUT2D eigenvalue weighted by atomic mass is 9.81. The van der Waals surface area contributed by atoms with Crippen LogP contribution < -0.4 is 0 Å². The molecule has 4 heteroatoms. The number of benzene rings is 1. The summed E-state index contributed by atoms with van der Waals surface area (Å²) in [5.74, 6) is 0.203. The Labute approximate surface area is 125 Å². The van der Waals surface area contributed by atoms with E-state index in [-0.39, 0.29) is 30.1 Å². The number of amides is 1. The number of rotatable bonds is 4. The van der Waals surface area contributed by atoms with Gasteiger partial charge in [0.25, 0.3) is 0 Å². The molecule has 0 bridgehead atoms. The van der Waals surface area contributed by atoms with Gasteiger partial charge in [-0.05, 0) is 31.2 Å². The van der Waals surface area contributed by atoms with Crippen molar-refractivity contribution in [2.45, 2.75) is 43.9 Å². The minimum absolute atomic E-state index is 0.00822. The second-order valence-corrected chi connectivity index (χ2v) is 6.17. The van der Waals surface area contributed by atoms with Crippen LogP contribution in [0.5, 0.6) is 0 Å². The van der Waals surface area contributed by atoms with Gasteiger partial charge >= 0.3 is 0 Å². The molecule has 1 heterocycles. The van der Waals surface area contributed by atoms with Gasteiger partial charge in [0.05, 0.1) is 18.2 Å². The van der Waals surface area contributed by atoms with E-state index < -0.39 is 0 Å². The zero-order valence-corrected chi connectivity index (χ0v) is 12.4. The van der Waals surface area contributed by atoms with Gasteiger partial charge in [-0.15, -0.1) is 0 Å². The molecule has 0 spiro atoms. The number of methoxy groups -OCH3 is 1. The largest absolute Gasteiger partial charge is 0.393 e. The van der Waals surface area contributed by atoms with Gasteiger partial charge in [-0.1, -0.05) is 30.3 Å². The highest BCUT2D eigenvalue weighted by Gasteiger charge is 2.42. The van der Waals surface area contributed by atoms with E-state index in [9.17, 15) is 9.90 Å². The molecular formula is C17H23NO3. The molecular weight excluding hydrogens is 266 g/mol. The van der Waals surface area contributed by atoms with Crippen molar-refractivity contribution in [3.8, 4) is 0 Å². The van der Waals surface area contributed by atoms with Crippen molar-refractivity contribution in [2.24, 2.45) is 5.92 Å². The molecule has 2 aliphatic rings. The summed E-state index contributed by atoms with van der Waals surface area (Å²) >= 11 is 0. The fourth-order valence-corrected chi connectivity index (χ4v) is 3.49. The molecule has 21 heavy (non-hydrogen) atoms. The first-order chi connectivity index (χ1) is 10.2. The van der Waals surface area contributed by atoms with Gasteiger partial charge in [0.1, 0.15) is 0 Å².